The summed E-state index contributed by atoms with van der Waals surface area (Å²) in [4.78, 5) is 21.3. The standard InChI is InChI=1S/C42H62O4.C4H6O/c1-6-9-10-11-31-12-22-41(32(7-2)26-31)38-21-23-40(33(8-3)27-38)37-19-17-35(18-20-37)34-13-15-36(16-14-34)39(29-45-5)24-25-46-42(44)30(4)28-43;1-4(2)3-5/h12,21-23,26-27,34-37,39,43H,4,6-11,13-20,24-25,28-29H2,1-3,5H3;3H,1H2,2H3. The van der Waals surface area contributed by atoms with Crippen molar-refractivity contribution in [1.29, 1.82) is 0 Å². The molecule has 4 rings (SSSR count). The number of carbonyl (C=O) groups is 2. The van der Waals surface area contributed by atoms with Crippen molar-refractivity contribution in [3.63, 3.8) is 0 Å². The van der Waals surface area contributed by atoms with Gasteiger partial charge in [-0.05, 0) is 159 Å². The molecule has 2 fully saturated rings. The van der Waals surface area contributed by atoms with Crippen LogP contribution in [-0.4, -0.2) is 44.3 Å². The zero-order valence-corrected chi connectivity index (χ0v) is 32.7. The number of aliphatic hydroxyl groups is 1. The third-order valence-electron chi connectivity index (χ3n) is 11.6. The fourth-order valence-electron chi connectivity index (χ4n) is 8.56. The van der Waals surface area contributed by atoms with Gasteiger partial charge in [0.05, 0.1) is 18.8 Å². The molecule has 2 aliphatic carbocycles. The van der Waals surface area contributed by atoms with Crippen LogP contribution in [0.3, 0.4) is 0 Å². The molecule has 0 spiro atoms. The first-order chi connectivity index (χ1) is 24.7. The van der Waals surface area contributed by atoms with Crippen molar-refractivity contribution in [1.82, 2.24) is 0 Å². The third kappa shape index (κ3) is 13.2. The average Bonchev–Trinajstić information content (AvgIpc) is 3.17. The highest BCUT2D eigenvalue weighted by atomic mass is 16.5. The van der Waals surface area contributed by atoms with E-state index in [1.807, 2.05) is 0 Å². The summed E-state index contributed by atoms with van der Waals surface area (Å²) in [6.45, 7) is 16.2. The predicted octanol–water partition coefficient (Wildman–Crippen LogP) is 10.8. The highest BCUT2D eigenvalue weighted by molar-refractivity contribution is 5.87. The predicted molar refractivity (Wildman–Crippen MR) is 212 cm³/mol. The maximum Gasteiger partial charge on any atom is 0.335 e. The molecule has 2 aliphatic rings. The van der Waals surface area contributed by atoms with Crippen LogP contribution < -0.4 is 0 Å². The maximum atomic E-state index is 11.9. The number of hydrogen-bond donors (Lipinski definition) is 1. The number of hydrogen-bond acceptors (Lipinski definition) is 5. The molecule has 2 saturated carbocycles. The summed E-state index contributed by atoms with van der Waals surface area (Å²) < 4.78 is 10.9. The van der Waals surface area contributed by atoms with Gasteiger partial charge in [-0.15, -0.1) is 0 Å². The number of ether oxygens (including phenoxy) is 2. The van der Waals surface area contributed by atoms with Crippen molar-refractivity contribution >= 4 is 12.3 Å². The molecule has 51 heavy (non-hydrogen) atoms. The van der Waals surface area contributed by atoms with E-state index in [-0.39, 0.29) is 12.2 Å². The minimum absolute atomic E-state index is 0.116. The summed E-state index contributed by atoms with van der Waals surface area (Å²) in [6.07, 6.45) is 19.3. The number of aryl methyl sites for hydroxylation is 3. The highest BCUT2D eigenvalue weighted by Gasteiger charge is 2.34. The summed E-state index contributed by atoms with van der Waals surface area (Å²) >= 11 is 0. The Labute approximate surface area is 310 Å². The van der Waals surface area contributed by atoms with Gasteiger partial charge in [-0.25, -0.2) is 4.79 Å². The first-order valence-corrected chi connectivity index (χ1v) is 20.0. The Bertz CT molecular complexity index is 1380. The molecular weight excluding hydrogens is 633 g/mol. The fourth-order valence-corrected chi connectivity index (χ4v) is 8.56. The number of esters is 1. The van der Waals surface area contributed by atoms with Gasteiger partial charge in [0.25, 0.3) is 0 Å². The minimum Gasteiger partial charge on any atom is -0.462 e. The maximum absolute atomic E-state index is 11.9. The van der Waals surface area contributed by atoms with Crippen LogP contribution in [0.15, 0.2) is 60.7 Å². The molecule has 1 N–H and O–H groups in total. The van der Waals surface area contributed by atoms with Crippen molar-refractivity contribution in [3.8, 4) is 11.1 Å². The molecule has 282 valence electrons. The zero-order valence-electron chi connectivity index (χ0n) is 32.7. The average molecular weight is 701 g/mol. The van der Waals surface area contributed by atoms with Gasteiger partial charge in [0.1, 0.15) is 6.29 Å². The van der Waals surface area contributed by atoms with Crippen LogP contribution in [0.4, 0.5) is 0 Å². The lowest BCUT2D eigenvalue weighted by Gasteiger charge is -2.40. The third-order valence-corrected chi connectivity index (χ3v) is 11.6. The number of allylic oxidation sites excluding steroid dienone is 1. The van der Waals surface area contributed by atoms with Crippen molar-refractivity contribution in [2.24, 2.45) is 23.7 Å². The SMILES string of the molecule is C=C(C)C=O.C=C(CO)C(=O)OCCC(COC)C1CCC(C2CCC(c3ccc(-c4ccc(CCCCC)cc4CC)cc3CC)CC2)CC1. The van der Waals surface area contributed by atoms with Crippen LogP contribution in [0.2, 0.25) is 0 Å². The molecule has 0 aliphatic heterocycles. The van der Waals surface area contributed by atoms with Gasteiger partial charge in [0.15, 0.2) is 0 Å². The lowest BCUT2D eigenvalue weighted by atomic mass is 9.66. The van der Waals surface area contributed by atoms with E-state index in [2.05, 4.69) is 70.3 Å². The Kier molecular flexibility index (Phi) is 19.0. The topological polar surface area (TPSA) is 72.8 Å². The van der Waals surface area contributed by atoms with Crippen molar-refractivity contribution < 1.29 is 24.2 Å². The van der Waals surface area contributed by atoms with E-state index in [9.17, 15) is 9.59 Å². The van der Waals surface area contributed by atoms with Gasteiger partial charge in [-0.1, -0.05) is 83.2 Å². The Morgan fingerprint density at radius 1 is 0.902 bits per heavy atom. The highest BCUT2D eigenvalue weighted by Crippen LogP contribution is 2.46. The number of rotatable bonds is 18. The second kappa shape index (κ2) is 22.8. The first kappa shape index (κ1) is 42.4. The van der Waals surface area contributed by atoms with E-state index in [0.29, 0.717) is 36.5 Å². The molecule has 5 nitrogen and oxygen atoms in total. The van der Waals surface area contributed by atoms with Gasteiger partial charge >= 0.3 is 5.97 Å². The smallest absolute Gasteiger partial charge is 0.335 e. The number of aldehydes is 1. The second-order valence-corrected chi connectivity index (χ2v) is 15.2. The van der Waals surface area contributed by atoms with Crippen LogP contribution in [0, 0.1) is 23.7 Å². The van der Waals surface area contributed by atoms with E-state index >= 15 is 0 Å². The van der Waals surface area contributed by atoms with Gasteiger partial charge in [0, 0.05) is 13.7 Å². The van der Waals surface area contributed by atoms with Crippen molar-refractivity contribution in [3.05, 3.63) is 83.0 Å². The first-order valence-electron chi connectivity index (χ1n) is 20.0. The summed E-state index contributed by atoms with van der Waals surface area (Å²) in [5.74, 6) is 2.94. The molecule has 0 aromatic heterocycles. The van der Waals surface area contributed by atoms with E-state index in [0.717, 1.165) is 37.4 Å². The Balaban J connectivity index is 0.00000131. The van der Waals surface area contributed by atoms with Crippen LogP contribution in [0.25, 0.3) is 11.1 Å². The van der Waals surface area contributed by atoms with E-state index in [1.165, 1.54) is 99.3 Å². The monoisotopic (exact) mass is 701 g/mol. The summed E-state index contributed by atoms with van der Waals surface area (Å²) in [5.41, 5.74) is 9.63. The van der Waals surface area contributed by atoms with E-state index in [4.69, 9.17) is 14.6 Å². The molecule has 2 aromatic rings. The van der Waals surface area contributed by atoms with Gasteiger partial charge < -0.3 is 14.6 Å². The molecule has 0 radical (unpaired) electrons. The largest absolute Gasteiger partial charge is 0.462 e. The molecule has 1 atom stereocenters. The summed E-state index contributed by atoms with van der Waals surface area (Å²) in [6, 6.07) is 14.6. The number of benzene rings is 2. The lowest BCUT2D eigenvalue weighted by Crippen LogP contribution is -2.30. The molecular formula is C46H68O5. The van der Waals surface area contributed by atoms with Crippen molar-refractivity contribution in [2.75, 3.05) is 26.9 Å². The van der Waals surface area contributed by atoms with Crippen LogP contribution >= 0.6 is 0 Å². The number of carbonyl (C=O) groups excluding carboxylic acids is 2. The second-order valence-electron chi connectivity index (χ2n) is 15.2. The van der Waals surface area contributed by atoms with Gasteiger partial charge in [-0.2, -0.15) is 0 Å². The van der Waals surface area contributed by atoms with Gasteiger partial charge in [0.2, 0.25) is 0 Å². The number of unbranched alkanes of at least 4 members (excludes halogenated alkanes) is 2. The quantitative estimate of drug-likeness (QED) is 0.0725. The summed E-state index contributed by atoms with van der Waals surface area (Å²) in [7, 11) is 1.77. The zero-order chi connectivity index (χ0) is 37.2. The van der Waals surface area contributed by atoms with Crippen LogP contribution in [0.1, 0.15) is 133 Å². The molecule has 5 heteroatoms. The van der Waals surface area contributed by atoms with Crippen LogP contribution in [-0.2, 0) is 38.3 Å². The van der Waals surface area contributed by atoms with E-state index in [1.54, 1.807) is 25.2 Å². The Hall–Kier alpha value is -3.02. The van der Waals surface area contributed by atoms with Crippen molar-refractivity contribution in [2.45, 2.75) is 130 Å². The lowest BCUT2D eigenvalue weighted by molar-refractivity contribution is -0.140. The van der Waals surface area contributed by atoms with Crippen LogP contribution in [0.5, 0.6) is 0 Å². The molecule has 0 heterocycles. The molecule has 0 saturated heterocycles. The molecule has 0 bridgehead atoms. The molecule has 1 unspecified atom stereocenters. The Morgan fingerprint density at radius 3 is 2.12 bits per heavy atom. The normalized spacial score (nSPS) is 20.8. The summed E-state index contributed by atoms with van der Waals surface area (Å²) in [5, 5.41) is 9.11. The Morgan fingerprint density at radius 2 is 1.55 bits per heavy atom. The van der Waals surface area contributed by atoms with Gasteiger partial charge in [-0.3, -0.25) is 4.79 Å². The minimum atomic E-state index is -0.492. The number of methoxy groups -OCH3 is 1. The number of aliphatic hydroxyl groups excluding tert-OH is 1. The fraction of sp³-hybridized carbons (Fsp3) is 0.609. The molecule has 0 amide bonds. The molecule has 2 aromatic carbocycles. The van der Waals surface area contributed by atoms with E-state index < -0.39 is 5.97 Å².